The SMILES string of the molecule is CN(CC1CCCN(CC(=O)Nc2ccccc2C(=O)NCc2ccccc2)C1)C(=O)OC(C)(C)C. The van der Waals surface area contributed by atoms with Gasteiger partial charge in [0.05, 0.1) is 17.8 Å². The van der Waals surface area contributed by atoms with Crippen molar-refractivity contribution < 1.29 is 19.1 Å². The van der Waals surface area contributed by atoms with Gasteiger partial charge in [0.25, 0.3) is 5.91 Å². The molecular formula is C28H38N4O4. The van der Waals surface area contributed by atoms with E-state index in [4.69, 9.17) is 4.74 Å². The van der Waals surface area contributed by atoms with Crippen molar-refractivity contribution in [3.05, 3.63) is 65.7 Å². The molecule has 2 aromatic rings. The third-order valence-corrected chi connectivity index (χ3v) is 5.95. The lowest BCUT2D eigenvalue weighted by molar-refractivity contribution is -0.117. The summed E-state index contributed by atoms with van der Waals surface area (Å²) in [7, 11) is 1.75. The van der Waals surface area contributed by atoms with E-state index in [1.165, 1.54) is 0 Å². The molecule has 36 heavy (non-hydrogen) atoms. The number of hydrogen-bond acceptors (Lipinski definition) is 5. The number of carbonyl (C=O) groups is 3. The predicted molar refractivity (Wildman–Crippen MR) is 141 cm³/mol. The summed E-state index contributed by atoms with van der Waals surface area (Å²) in [5, 5.41) is 5.82. The highest BCUT2D eigenvalue weighted by Crippen LogP contribution is 2.20. The summed E-state index contributed by atoms with van der Waals surface area (Å²) in [5.41, 5.74) is 1.39. The minimum Gasteiger partial charge on any atom is -0.444 e. The zero-order chi connectivity index (χ0) is 26.1. The van der Waals surface area contributed by atoms with E-state index in [0.717, 1.165) is 31.5 Å². The molecule has 0 aromatic heterocycles. The Bertz CT molecular complexity index is 1040. The van der Waals surface area contributed by atoms with Crippen LogP contribution in [0.1, 0.15) is 49.5 Å². The first-order chi connectivity index (χ1) is 17.1. The van der Waals surface area contributed by atoms with Crippen LogP contribution >= 0.6 is 0 Å². The van der Waals surface area contributed by atoms with Crippen molar-refractivity contribution in [3.63, 3.8) is 0 Å². The Morgan fingerprint density at radius 2 is 1.75 bits per heavy atom. The summed E-state index contributed by atoms with van der Waals surface area (Å²) in [6.07, 6.45) is 1.62. The average Bonchev–Trinajstić information content (AvgIpc) is 2.82. The molecular weight excluding hydrogens is 456 g/mol. The summed E-state index contributed by atoms with van der Waals surface area (Å²) >= 11 is 0. The van der Waals surface area contributed by atoms with E-state index < -0.39 is 5.60 Å². The van der Waals surface area contributed by atoms with Crippen LogP contribution < -0.4 is 10.6 Å². The van der Waals surface area contributed by atoms with Crippen LogP contribution in [0.4, 0.5) is 10.5 Å². The number of piperidine rings is 1. The zero-order valence-electron chi connectivity index (χ0n) is 21.8. The number of carbonyl (C=O) groups excluding carboxylic acids is 3. The summed E-state index contributed by atoms with van der Waals surface area (Å²) in [4.78, 5) is 41.7. The Balaban J connectivity index is 1.52. The number of nitrogens with one attached hydrogen (secondary N) is 2. The van der Waals surface area contributed by atoms with Gasteiger partial charge in [0, 0.05) is 26.7 Å². The molecule has 0 bridgehead atoms. The van der Waals surface area contributed by atoms with Gasteiger partial charge in [0.2, 0.25) is 5.91 Å². The molecule has 1 heterocycles. The number of hydrogen-bond donors (Lipinski definition) is 2. The largest absolute Gasteiger partial charge is 0.444 e. The average molecular weight is 495 g/mol. The number of nitrogens with zero attached hydrogens (tertiary/aromatic N) is 2. The Kier molecular flexibility index (Phi) is 9.47. The number of para-hydroxylation sites is 1. The lowest BCUT2D eigenvalue weighted by Gasteiger charge is -2.34. The maximum absolute atomic E-state index is 12.9. The Morgan fingerprint density at radius 1 is 1.06 bits per heavy atom. The van der Waals surface area contributed by atoms with Gasteiger partial charge in [-0.25, -0.2) is 4.79 Å². The highest BCUT2D eigenvalue weighted by atomic mass is 16.6. The Hall–Kier alpha value is -3.39. The van der Waals surface area contributed by atoms with Crippen molar-refractivity contribution in [1.29, 1.82) is 0 Å². The normalized spacial score (nSPS) is 16.2. The van der Waals surface area contributed by atoms with Crippen molar-refractivity contribution in [3.8, 4) is 0 Å². The van der Waals surface area contributed by atoms with Crippen LogP contribution in [0.3, 0.4) is 0 Å². The van der Waals surface area contributed by atoms with Gasteiger partial charge in [0.1, 0.15) is 5.60 Å². The minimum atomic E-state index is -0.531. The van der Waals surface area contributed by atoms with E-state index in [-0.39, 0.29) is 30.4 Å². The number of ether oxygens (including phenoxy) is 1. The van der Waals surface area contributed by atoms with E-state index in [9.17, 15) is 14.4 Å². The topological polar surface area (TPSA) is 91.0 Å². The highest BCUT2D eigenvalue weighted by Gasteiger charge is 2.26. The second kappa shape index (κ2) is 12.5. The molecule has 0 radical (unpaired) electrons. The molecule has 8 heteroatoms. The standard InChI is InChI=1S/C28H38N4O4/c1-28(2,3)36-27(35)31(4)18-22-13-10-16-32(19-22)20-25(33)30-24-15-9-8-14-23(24)26(34)29-17-21-11-6-5-7-12-21/h5-9,11-12,14-15,22H,10,13,16-20H2,1-4H3,(H,29,34)(H,30,33). The number of amides is 3. The van der Waals surface area contributed by atoms with Gasteiger partial charge in [-0.2, -0.15) is 0 Å². The quantitative estimate of drug-likeness (QED) is 0.576. The molecule has 1 aliphatic heterocycles. The monoisotopic (exact) mass is 494 g/mol. The van der Waals surface area contributed by atoms with E-state index in [2.05, 4.69) is 15.5 Å². The van der Waals surface area contributed by atoms with E-state index in [0.29, 0.717) is 24.3 Å². The third-order valence-electron chi connectivity index (χ3n) is 5.95. The van der Waals surface area contributed by atoms with Crippen molar-refractivity contribution in [1.82, 2.24) is 15.1 Å². The molecule has 3 amide bonds. The van der Waals surface area contributed by atoms with Gasteiger partial charge < -0.3 is 20.3 Å². The van der Waals surface area contributed by atoms with Gasteiger partial charge in [0.15, 0.2) is 0 Å². The molecule has 2 N–H and O–H groups in total. The van der Waals surface area contributed by atoms with Crippen molar-refractivity contribution in [2.45, 2.75) is 45.8 Å². The Labute approximate surface area is 214 Å². The third kappa shape index (κ3) is 8.68. The first-order valence-corrected chi connectivity index (χ1v) is 12.5. The number of benzene rings is 2. The maximum Gasteiger partial charge on any atom is 0.410 e. The number of likely N-dealkylation sites (tertiary alicyclic amines) is 1. The van der Waals surface area contributed by atoms with Crippen LogP contribution in [0.25, 0.3) is 0 Å². The summed E-state index contributed by atoms with van der Waals surface area (Å²) < 4.78 is 5.45. The molecule has 194 valence electrons. The zero-order valence-corrected chi connectivity index (χ0v) is 21.8. The van der Waals surface area contributed by atoms with Crippen LogP contribution in [-0.4, -0.2) is 66.5 Å². The van der Waals surface area contributed by atoms with Crippen molar-refractivity contribution >= 4 is 23.6 Å². The molecule has 1 atom stereocenters. The molecule has 0 spiro atoms. The van der Waals surface area contributed by atoms with Crippen LogP contribution in [0.5, 0.6) is 0 Å². The lowest BCUT2D eigenvalue weighted by atomic mass is 9.97. The molecule has 0 aliphatic carbocycles. The fraction of sp³-hybridized carbons (Fsp3) is 0.464. The smallest absolute Gasteiger partial charge is 0.410 e. The second-order valence-electron chi connectivity index (χ2n) is 10.4. The molecule has 1 aliphatic rings. The fourth-order valence-electron chi connectivity index (χ4n) is 4.30. The van der Waals surface area contributed by atoms with E-state index in [1.54, 1.807) is 36.2 Å². The highest BCUT2D eigenvalue weighted by molar-refractivity contribution is 6.04. The molecule has 0 saturated carbocycles. The van der Waals surface area contributed by atoms with Crippen molar-refractivity contribution in [2.24, 2.45) is 5.92 Å². The van der Waals surface area contributed by atoms with Crippen LogP contribution in [0.15, 0.2) is 54.6 Å². The molecule has 1 fully saturated rings. The minimum absolute atomic E-state index is 0.167. The second-order valence-corrected chi connectivity index (χ2v) is 10.4. The molecule has 1 saturated heterocycles. The molecule has 3 rings (SSSR count). The summed E-state index contributed by atoms with van der Waals surface area (Å²) in [5.74, 6) is -0.141. The van der Waals surface area contributed by atoms with Crippen molar-refractivity contribution in [2.75, 3.05) is 38.5 Å². The first kappa shape index (κ1) is 27.2. The van der Waals surface area contributed by atoms with Gasteiger partial charge >= 0.3 is 6.09 Å². The first-order valence-electron chi connectivity index (χ1n) is 12.5. The predicted octanol–water partition coefficient (Wildman–Crippen LogP) is 4.13. The summed E-state index contributed by atoms with van der Waals surface area (Å²) in [6.45, 7) is 8.32. The van der Waals surface area contributed by atoms with Gasteiger partial charge in [-0.15, -0.1) is 0 Å². The summed E-state index contributed by atoms with van der Waals surface area (Å²) in [6, 6.07) is 16.7. The molecule has 1 unspecified atom stereocenters. The molecule has 2 aromatic carbocycles. The molecule has 8 nitrogen and oxygen atoms in total. The van der Waals surface area contributed by atoms with Gasteiger partial charge in [-0.3, -0.25) is 14.5 Å². The van der Waals surface area contributed by atoms with E-state index in [1.807, 2.05) is 51.1 Å². The Morgan fingerprint density at radius 3 is 2.47 bits per heavy atom. The maximum atomic E-state index is 12.9. The van der Waals surface area contributed by atoms with Gasteiger partial charge in [-0.1, -0.05) is 42.5 Å². The van der Waals surface area contributed by atoms with Crippen LogP contribution in [0, 0.1) is 5.92 Å². The van der Waals surface area contributed by atoms with E-state index >= 15 is 0 Å². The number of anilines is 1. The fourth-order valence-corrected chi connectivity index (χ4v) is 4.30. The van der Waals surface area contributed by atoms with Crippen LogP contribution in [0.2, 0.25) is 0 Å². The van der Waals surface area contributed by atoms with Gasteiger partial charge in [-0.05, 0) is 63.8 Å². The van der Waals surface area contributed by atoms with Crippen LogP contribution in [-0.2, 0) is 16.1 Å². The number of rotatable bonds is 8. The lowest BCUT2D eigenvalue weighted by Crippen LogP contribution is -2.45.